The van der Waals surface area contributed by atoms with Crippen LogP contribution in [0.5, 0.6) is 0 Å². The highest BCUT2D eigenvalue weighted by atomic mass is 16.5. The van der Waals surface area contributed by atoms with Gasteiger partial charge in [0.1, 0.15) is 0 Å². The Balaban J connectivity index is 1.58. The Kier molecular flexibility index (Phi) is 5.71. The van der Waals surface area contributed by atoms with Crippen LogP contribution in [-0.4, -0.2) is 45.8 Å². The molecule has 1 saturated carbocycles. The number of rotatable bonds is 5. The van der Waals surface area contributed by atoms with Crippen LogP contribution in [0, 0.1) is 0 Å². The number of carbonyl (C=O) groups excluding carboxylic acids is 2. The number of carbonyl (C=O) groups is 2. The van der Waals surface area contributed by atoms with Crippen LogP contribution in [0.3, 0.4) is 0 Å². The fourth-order valence-electron chi connectivity index (χ4n) is 3.39. The van der Waals surface area contributed by atoms with Gasteiger partial charge in [-0.25, -0.2) is 9.48 Å². The summed E-state index contributed by atoms with van der Waals surface area (Å²) in [5, 5.41) is 4.15. The molecule has 0 spiro atoms. The maximum atomic E-state index is 12.6. The molecule has 0 aliphatic heterocycles. The first-order valence-corrected chi connectivity index (χ1v) is 9.14. The molecule has 1 aromatic carbocycles. The summed E-state index contributed by atoms with van der Waals surface area (Å²) in [7, 11) is 1.81. The molecule has 1 aromatic heterocycles. The predicted molar refractivity (Wildman–Crippen MR) is 98.1 cm³/mol. The highest BCUT2D eigenvalue weighted by Gasteiger charge is 2.27. The van der Waals surface area contributed by atoms with E-state index in [9.17, 15) is 9.59 Å². The van der Waals surface area contributed by atoms with Crippen molar-refractivity contribution in [2.24, 2.45) is 0 Å². The maximum absolute atomic E-state index is 12.6. The Morgan fingerprint density at radius 2 is 1.88 bits per heavy atom. The van der Waals surface area contributed by atoms with Crippen molar-refractivity contribution >= 4 is 11.9 Å². The zero-order valence-corrected chi connectivity index (χ0v) is 15.3. The van der Waals surface area contributed by atoms with Crippen molar-refractivity contribution in [3.05, 3.63) is 48.3 Å². The van der Waals surface area contributed by atoms with E-state index in [0.29, 0.717) is 5.56 Å². The molecule has 0 unspecified atom stereocenters. The summed E-state index contributed by atoms with van der Waals surface area (Å²) in [5.74, 6) is -0.631. The second kappa shape index (κ2) is 8.17. The lowest BCUT2D eigenvalue weighted by molar-refractivity contribution is -0.141. The average Bonchev–Trinajstić information content (AvgIpc) is 3.22. The molecule has 1 atom stereocenters. The summed E-state index contributed by atoms with van der Waals surface area (Å²) >= 11 is 0. The van der Waals surface area contributed by atoms with Gasteiger partial charge < -0.3 is 9.64 Å². The molecule has 1 aliphatic rings. The maximum Gasteiger partial charge on any atom is 0.338 e. The highest BCUT2D eigenvalue weighted by Crippen LogP contribution is 2.22. The van der Waals surface area contributed by atoms with Crippen molar-refractivity contribution in [3.8, 4) is 5.69 Å². The molecular weight excluding hydrogens is 330 g/mol. The second-order valence-electron chi connectivity index (χ2n) is 6.79. The number of amides is 1. The van der Waals surface area contributed by atoms with E-state index in [0.717, 1.165) is 31.4 Å². The van der Waals surface area contributed by atoms with Crippen LogP contribution < -0.4 is 0 Å². The normalized spacial score (nSPS) is 16.1. The van der Waals surface area contributed by atoms with E-state index in [1.807, 2.05) is 19.3 Å². The Morgan fingerprint density at radius 3 is 2.50 bits per heavy atom. The monoisotopic (exact) mass is 355 g/mol. The number of hydrogen-bond acceptors (Lipinski definition) is 4. The lowest BCUT2D eigenvalue weighted by atomic mass is 9.94. The summed E-state index contributed by atoms with van der Waals surface area (Å²) in [4.78, 5) is 26.6. The number of nitrogens with zero attached hydrogens (tertiary/aromatic N) is 3. The SMILES string of the molecule is C[C@@H](OC(=O)c1ccc(-n2cccn2)cc1)C(=O)N(C)C1CCCCC1. The Hall–Kier alpha value is -2.63. The van der Waals surface area contributed by atoms with Crippen LogP contribution in [-0.2, 0) is 9.53 Å². The molecule has 1 heterocycles. The molecule has 6 heteroatoms. The summed E-state index contributed by atoms with van der Waals surface area (Å²) < 4.78 is 7.10. The highest BCUT2D eigenvalue weighted by molar-refractivity contribution is 5.92. The van der Waals surface area contributed by atoms with E-state index >= 15 is 0 Å². The van der Waals surface area contributed by atoms with Crippen LogP contribution in [0.25, 0.3) is 5.69 Å². The van der Waals surface area contributed by atoms with Crippen molar-refractivity contribution in [3.63, 3.8) is 0 Å². The van der Waals surface area contributed by atoms with Crippen LogP contribution >= 0.6 is 0 Å². The van der Waals surface area contributed by atoms with Gasteiger partial charge in [-0.1, -0.05) is 19.3 Å². The third-order valence-electron chi connectivity index (χ3n) is 4.97. The first-order chi connectivity index (χ1) is 12.6. The number of ether oxygens (including phenoxy) is 1. The van der Waals surface area contributed by atoms with E-state index in [4.69, 9.17) is 4.74 Å². The Bertz CT molecular complexity index is 734. The zero-order valence-electron chi connectivity index (χ0n) is 15.3. The van der Waals surface area contributed by atoms with Gasteiger partial charge in [0.15, 0.2) is 6.10 Å². The molecule has 0 radical (unpaired) electrons. The fraction of sp³-hybridized carbons (Fsp3) is 0.450. The molecule has 6 nitrogen and oxygen atoms in total. The Morgan fingerprint density at radius 1 is 1.19 bits per heavy atom. The summed E-state index contributed by atoms with van der Waals surface area (Å²) in [6.45, 7) is 1.64. The Labute approximate surface area is 153 Å². The first-order valence-electron chi connectivity index (χ1n) is 9.14. The molecule has 138 valence electrons. The van der Waals surface area contributed by atoms with Gasteiger partial charge in [-0.3, -0.25) is 4.79 Å². The minimum absolute atomic E-state index is 0.140. The molecule has 0 saturated heterocycles. The molecule has 1 aliphatic carbocycles. The number of esters is 1. The van der Waals surface area contributed by atoms with Gasteiger partial charge in [0.2, 0.25) is 0 Å². The fourth-order valence-corrected chi connectivity index (χ4v) is 3.39. The lowest BCUT2D eigenvalue weighted by Crippen LogP contribution is -2.44. The molecule has 26 heavy (non-hydrogen) atoms. The molecular formula is C20H25N3O3. The largest absolute Gasteiger partial charge is 0.449 e. The average molecular weight is 355 g/mol. The topological polar surface area (TPSA) is 64.4 Å². The van der Waals surface area contributed by atoms with Crippen molar-refractivity contribution in [1.29, 1.82) is 0 Å². The second-order valence-corrected chi connectivity index (χ2v) is 6.79. The van der Waals surface area contributed by atoms with Crippen molar-refractivity contribution in [2.45, 2.75) is 51.2 Å². The van der Waals surface area contributed by atoms with Gasteiger partial charge in [-0.15, -0.1) is 0 Å². The van der Waals surface area contributed by atoms with Crippen LogP contribution in [0.1, 0.15) is 49.4 Å². The summed E-state index contributed by atoms with van der Waals surface area (Å²) in [6.07, 6.45) is 8.32. The number of hydrogen-bond donors (Lipinski definition) is 0. The predicted octanol–water partition coefficient (Wildman–Crippen LogP) is 3.21. The van der Waals surface area contributed by atoms with Crippen LogP contribution in [0.4, 0.5) is 0 Å². The van der Waals surface area contributed by atoms with Gasteiger partial charge in [-0.05, 0) is 50.1 Å². The third-order valence-corrected chi connectivity index (χ3v) is 4.97. The van der Waals surface area contributed by atoms with Crippen molar-refractivity contribution in [1.82, 2.24) is 14.7 Å². The van der Waals surface area contributed by atoms with Crippen molar-refractivity contribution < 1.29 is 14.3 Å². The minimum atomic E-state index is -0.791. The smallest absolute Gasteiger partial charge is 0.338 e. The van der Waals surface area contributed by atoms with Crippen LogP contribution in [0.15, 0.2) is 42.7 Å². The first kappa shape index (κ1) is 18.2. The quantitative estimate of drug-likeness (QED) is 0.773. The number of likely N-dealkylation sites (N-methyl/N-ethyl adjacent to an activating group) is 1. The molecule has 1 fully saturated rings. The number of aromatic nitrogens is 2. The standard InChI is InChI=1S/C20H25N3O3/c1-15(19(24)22(2)17-7-4-3-5-8-17)26-20(25)16-9-11-18(12-10-16)23-14-6-13-21-23/h6,9-15,17H,3-5,7-8H2,1-2H3/t15-/m1/s1. The molecule has 3 rings (SSSR count). The van der Waals surface area contributed by atoms with E-state index in [1.54, 1.807) is 47.0 Å². The minimum Gasteiger partial charge on any atom is -0.449 e. The zero-order chi connectivity index (χ0) is 18.5. The molecule has 0 N–H and O–H groups in total. The van der Waals surface area contributed by atoms with Gasteiger partial charge in [0, 0.05) is 25.5 Å². The molecule has 1 amide bonds. The van der Waals surface area contributed by atoms with E-state index in [1.165, 1.54) is 6.42 Å². The van der Waals surface area contributed by atoms with Gasteiger partial charge in [0.25, 0.3) is 5.91 Å². The van der Waals surface area contributed by atoms with Gasteiger partial charge >= 0.3 is 5.97 Å². The van der Waals surface area contributed by atoms with Gasteiger partial charge in [0.05, 0.1) is 11.3 Å². The third kappa shape index (κ3) is 4.12. The van der Waals surface area contributed by atoms with Gasteiger partial charge in [-0.2, -0.15) is 5.10 Å². The lowest BCUT2D eigenvalue weighted by Gasteiger charge is -2.32. The molecule has 2 aromatic rings. The van der Waals surface area contributed by atoms with E-state index in [-0.39, 0.29) is 11.9 Å². The van der Waals surface area contributed by atoms with Crippen LogP contribution in [0.2, 0.25) is 0 Å². The molecule has 0 bridgehead atoms. The van der Waals surface area contributed by atoms with E-state index in [2.05, 4.69) is 5.10 Å². The van der Waals surface area contributed by atoms with Crippen molar-refractivity contribution in [2.75, 3.05) is 7.05 Å². The summed E-state index contributed by atoms with van der Waals surface area (Å²) in [6, 6.07) is 9.04. The number of benzene rings is 1. The summed E-state index contributed by atoms with van der Waals surface area (Å²) in [5.41, 5.74) is 1.27. The van der Waals surface area contributed by atoms with E-state index < -0.39 is 12.1 Å².